The first kappa shape index (κ1) is 22.5. The van der Waals surface area contributed by atoms with E-state index in [1.807, 2.05) is 28.8 Å². The van der Waals surface area contributed by atoms with Crippen LogP contribution in [-0.4, -0.2) is 67.8 Å². The number of morpholine rings is 1. The van der Waals surface area contributed by atoms with Gasteiger partial charge < -0.3 is 19.9 Å². The minimum Gasteiger partial charge on any atom is -0.378 e. The monoisotopic (exact) mass is 508 g/mol. The lowest BCUT2D eigenvalue weighted by molar-refractivity contribution is 0.122. The van der Waals surface area contributed by atoms with Crippen LogP contribution >= 0.6 is 35.7 Å². The van der Waals surface area contributed by atoms with Gasteiger partial charge in [-0.3, -0.25) is 4.99 Å². The average molecular weight is 508 g/mol. The molecule has 27 heavy (non-hydrogen) atoms. The van der Waals surface area contributed by atoms with Gasteiger partial charge in [-0.1, -0.05) is 6.07 Å². The van der Waals surface area contributed by atoms with E-state index in [-0.39, 0.29) is 34.5 Å². The van der Waals surface area contributed by atoms with Gasteiger partial charge in [0.2, 0.25) is 0 Å². The molecule has 0 atom stereocenters. The number of nitrogens with one attached hydrogen (secondary N) is 1. The number of nitrogens with zero attached hydrogens (tertiary/aromatic N) is 3. The van der Waals surface area contributed by atoms with Crippen LogP contribution in [0.25, 0.3) is 0 Å². The van der Waals surface area contributed by atoms with Crippen molar-refractivity contribution in [3.63, 3.8) is 0 Å². The number of aliphatic imine (C=N–C) groups is 1. The Kier molecular flexibility index (Phi) is 8.48. The van der Waals surface area contributed by atoms with Gasteiger partial charge in [0.05, 0.1) is 18.9 Å². The molecule has 1 N–H and O–H groups in total. The lowest BCUT2D eigenvalue weighted by Crippen LogP contribution is -2.50. The number of benzene rings is 1. The summed E-state index contributed by atoms with van der Waals surface area (Å²) in [6.07, 6.45) is 0. The predicted molar refractivity (Wildman–Crippen MR) is 123 cm³/mol. The molecule has 3 rings (SSSR count). The van der Waals surface area contributed by atoms with Gasteiger partial charge in [0.15, 0.2) is 5.96 Å². The van der Waals surface area contributed by atoms with Crippen LogP contribution in [0.3, 0.4) is 0 Å². The molecule has 2 aliphatic heterocycles. The Morgan fingerprint density at radius 3 is 2.67 bits per heavy atom. The number of rotatable bonds is 3. The van der Waals surface area contributed by atoms with E-state index in [1.54, 1.807) is 13.1 Å². The van der Waals surface area contributed by atoms with Crippen molar-refractivity contribution < 1.29 is 9.13 Å². The summed E-state index contributed by atoms with van der Waals surface area (Å²) < 4.78 is 20.1. The summed E-state index contributed by atoms with van der Waals surface area (Å²) in [5.74, 6) is 1.81. The molecule has 0 amide bonds. The third-order valence-corrected chi connectivity index (χ3v) is 6.05. The molecule has 2 fully saturated rings. The molecule has 2 heterocycles. The number of thioether (sulfide) groups is 1. The fourth-order valence-corrected chi connectivity index (χ4v) is 4.54. The fourth-order valence-electron chi connectivity index (χ4n) is 3.43. The predicted octanol–water partition coefficient (Wildman–Crippen LogP) is 3.18. The lowest BCUT2D eigenvalue weighted by Gasteiger charge is -2.39. The molecule has 2 aliphatic rings. The number of guanidine groups is 1. The Hall–Kier alpha value is -0.740. The van der Waals surface area contributed by atoms with E-state index in [9.17, 15) is 4.39 Å². The highest BCUT2D eigenvalue weighted by Gasteiger charge is 2.28. The number of ether oxygens (including phenoxy) is 1. The zero-order valence-electron chi connectivity index (χ0n) is 16.3. The van der Waals surface area contributed by atoms with Gasteiger partial charge in [0.25, 0.3) is 0 Å². The number of hydrogen-bond donors (Lipinski definition) is 1. The minimum absolute atomic E-state index is 0. The molecular formula is C19H30FIN4OS. The molecule has 1 aromatic carbocycles. The van der Waals surface area contributed by atoms with Gasteiger partial charge >= 0.3 is 0 Å². The Bertz CT molecular complexity index is 653. The van der Waals surface area contributed by atoms with Crippen LogP contribution in [0.2, 0.25) is 0 Å². The van der Waals surface area contributed by atoms with Gasteiger partial charge in [-0.25, -0.2) is 4.39 Å². The SMILES string of the molecule is CN=C(NCc1ccc(N2CCOCC2)c(F)c1)N1CCSC(C)(C)C1.I. The van der Waals surface area contributed by atoms with Gasteiger partial charge in [0.1, 0.15) is 5.82 Å². The van der Waals surface area contributed by atoms with Crippen LogP contribution in [0.4, 0.5) is 10.1 Å². The van der Waals surface area contributed by atoms with Crippen molar-refractivity contribution in [1.29, 1.82) is 0 Å². The van der Waals surface area contributed by atoms with Gasteiger partial charge in [0, 0.05) is 50.3 Å². The highest BCUT2D eigenvalue weighted by molar-refractivity contribution is 14.0. The Labute approximate surface area is 183 Å². The Morgan fingerprint density at radius 1 is 1.30 bits per heavy atom. The molecule has 0 spiro atoms. The molecule has 8 heteroatoms. The van der Waals surface area contributed by atoms with Crippen molar-refractivity contribution in [1.82, 2.24) is 10.2 Å². The van der Waals surface area contributed by atoms with Crippen molar-refractivity contribution in [3.8, 4) is 0 Å². The molecule has 5 nitrogen and oxygen atoms in total. The maximum atomic E-state index is 14.5. The molecule has 0 aromatic heterocycles. The first-order valence-electron chi connectivity index (χ1n) is 9.19. The van der Waals surface area contributed by atoms with Gasteiger partial charge in [-0.15, -0.1) is 24.0 Å². The van der Waals surface area contributed by atoms with E-state index in [0.717, 1.165) is 43.5 Å². The quantitative estimate of drug-likeness (QED) is 0.386. The summed E-state index contributed by atoms with van der Waals surface area (Å²) in [6, 6.07) is 5.49. The summed E-state index contributed by atoms with van der Waals surface area (Å²) >= 11 is 2.00. The largest absolute Gasteiger partial charge is 0.378 e. The van der Waals surface area contributed by atoms with Crippen molar-refractivity contribution in [3.05, 3.63) is 29.6 Å². The third kappa shape index (κ3) is 6.12. The van der Waals surface area contributed by atoms with Crippen LogP contribution in [0, 0.1) is 5.82 Å². The minimum atomic E-state index is -0.170. The summed E-state index contributed by atoms with van der Waals surface area (Å²) in [5, 5.41) is 3.39. The second kappa shape index (κ2) is 10.2. The molecule has 1 aromatic rings. The van der Waals surface area contributed by atoms with E-state index in [2.05, 4.69) is 29.1 Å². The summed E-state index contributed by atoms with van der Waals surface area (Å²) in [6.45, 7) is 9.82. The van der Waals surface area contributed by atoms with Crippen molar-refractivity contribution >= 4 is 47.4 Å². The zero-order chi connectivity index (χ0) is 18.6. The number of anilines is 1. The van der Waals surface area contributed by atoms with Gasteiger partial charge in [-0.05, 0) is 31.5 Å². The zero-order valence-corrected chi connectivity index (χ0v) is 19.5. The Balaban J connectivity index is 0.00000261. The normalized spacial score (nSPS) is 20.2. The Morgan fingerprint density at radius 2 is 2.04 bits per heavy atom. The van der Waals surface area contributed by atoms with Crippen LogP contribution in [0.5, 0.6) is 0 Å². The maximum absolute atomic E-state index is 14.5. The van der Waals surface area contributed by atoms with Crippen LogP contribution < -0.4 is 10.2 Å². The standard InChI is InChI=1S/C19H29FN4OS.HI/c1-19(2)14-24(8-11-26-19)18(21-3)22-13-15-4-5-17(16(20)12-15)23-6-9-25-10-7-23;/h4-5,12H,6-11,13-14H2,1-3H3,(H,21,22);1H. The summed E-state index contributed by atoms with van der Waals surface area (Å²) in [7, 11) is 1.80. The lowest BCUT2D eigenvalue weighted by atomic mass is 10.1. The molecule has 0 saturated carbocycles. The molecule has 0 aliphatic carbocycles. The topological polar surface area (TPSA) is 40.1 Å². The molecule has 0 radical (unpaired) electrons. The van der Waals surface area contributed by atoms with E-state index in [1.165, 1.54) is 0 Å². The van der Waals surface area contributed by atoms with Crippen LogP contribution in [0.1, 0.15) is 19.4 Å². The average Bonchev–Trinajstić information content (AvgIpc) is 2.62. The summed E-state index contributed by atoms with van der Waals surface area (Å²) in [4.78, 5) is 8.74. The summed E-state index contributed by atoms with van der Waals surface area (Å²) in [5.41, 5.74) is 1.59. The van der Waals surface area contributed by atoms with Crippen molar-refractivity contribution in [2.24, 2.45) is 4.99 Å². The van der Waals surface area contributed by atoms with Crippen molar-refractivity contribution in [2.75, 3.05) is 57.1 Å². The van der Waals surface area contributed by atoms with E-state index < -0.39 is 0 Å². The maximum Gasteiger partial charge on any atom is 0.193 e. The van der Waals surface area contributed by atoms with E-state index in [4.69, 9.17) is 4.74 Å². The van der Waals surface area contributed by atoms with Crippen LogP contribution in [-0.2, 0) is 11.3 Å². The van der Waals surface area contributed by atoms with Crippen LogP contribution in [0.15, 0.2) is 23.2 Å². The fraction of sp³-hybridized carbons (Fsp3) is 0.632. The molecule has 0 bridgehead atoms. The second-order valence-electron chi connectivity index (χ2n) is 7.32. The molecule has 0 unspecified atom stereocenters. The first-order chi connectivity index (χ1) is 12.5. The highest BCUT2D eigenvalue weighted by Crippen LogP contribution is 2.29. The molecular weight excluding hydrogens is 478 g/mol. The highest BCUT2D eigenvalue weighted by atomic mass is 127. The second-order valence-corrected chi connectivity index (χ2v) is 9.12. The number of hydrogen-bond acceptors (Lipinski definition) is 4. The first-order valence-corrected chi connectivity index (χ1v) is 10.2. The number of halogens is 2. The van der Waals surface area contributed by atoms with E-state index >= 15 is 0 Å². The smallest absolute Gasteiger partial charge is 0.193 e. The van der Waals surface area contributed by atoms with Gasteiger partial charge in [-0.2, -0.15) is 11.8 Å². The molecule has 2 saturated heterocycles. The third-order valence-electron chi connectivity index (χ3n) is 4.75. The molecule has 152 valence electrons. The van der Waals surface area contributed by atoms with E-state index in [0.29, 0.717) is 25.4 Å². The van der Waals surface area contributed by atoms with Crippen molar-refractivity contribution in [2.45, 2.75) is 25.1 Å².